The summed E-state index contributed by atoms with van der Waals surface area (Å²) in [5, 5.41) is 3.37. The van der Waals surface area contributed by atoms with Crippen LogP contribution in [0.4, 0.5) is 0 Å². The van der Waals surface area contributed by atoms with Gasteiger partial charge < -0.3 is 10.3 Å². The molecule has 0 atom stereocenters. The summed E-state index contributed by atoms with van der Waals surface area (Å²) >= 11 is 0. The minimum atomic E-state index is -0.539. The molecule has 0 aliphatic heterocycles. The first kappa shape index (κ1) is 13.0. The van der Waals surface area contributed by atoms with Gasteiger partial charge in [0.1, 0.15) is 5.69 Å². The van der Waals surface area contributed by atoms with Crippen LogP contribution >= 0.6 is 0 Å². The van der Waals surface area contributed by atoms with E-state index in [4.69, 9.17) is 0 Å². The lowest BCUT2D eigenvalue weighted by molar-refractivity contribution is 0.0947. The standard InChI is InChI=1S/C15H12N4O2/c20-14(17-9-10-5-7-16-8-6-10)13-11-3-1-2-4-12(11)18-15(21)19-13/h1-8H,9H2,(H,17,20)(H,18,19,21). The Bertz CT molecular complexity index is 843. The monoisotopic (exact) mass is 280 g/mol. The van der Waals surface area contributed by atoms with Crippen LogP contribution in [0.25, 0.3) is 10.9 Å². The lowest BCUT2D eigenvalue weighted by Gasteiger charge is -2.06. The summed E-state index contributed by atoms with van der Waals surface area (Å²) < 4.78 is 0. The van der Waals surface area contributed by atoms with E-state index in [0.717, 1.165) is 5.56 Å². The normalized spacial score (nSPS) is 10.5. The molecule has 0 saturated carbocycles. The molecule has 3 aromatic rings. The zero-order valence-electron chi connectivity index (χ0n) is 11.0. The molecule has 0 aliphatic rings. The summed E-state index contributed by atoms with van der Waals surface area (Å²) in [6.45, 7) is 0.351. The fourth-order valence-corrected chi connectivity index (χ4v) is 2.04. The van der Waals surface area contributed by atoms with Crippen LogP contribution in [0, 0.1) is 0 Å². The molecule has 104 valence electrons. The van der Waals surface area contributed by atoms with Crippen LogP contribution in [0.1, 0.15) is 16.1 Å². The number of hydrogen-bond acceptors (Lipinski definition) is 4. The van der Waals surface area contributed by atoms with Gasteiger partial charge >= 0.3 is 5.69 Å². The molecule has 6 heteroatoms. The molecule has 1 amide bonds. The molecule has 0 saturated heterocycles. The number of aromatic amines is 1. The van der Waals surface area contributed by atoms with Gasteiger partial charge in [-0.15, -0.1) is 0 Å². The van der Waals surface area contributed by atoms with E-state index in [2.05, 4.69) is 20.3 Å². The summed E-state index contributed by atoms with van der Waals surface area (Å²) in [5.74, 6) is -0.380. The summed E-state index contributed by atoms with van der Waals surface area (Å²) in [6.07, 6.45) is 3.31. The average Bonchev–Trinajstić information content (AvgIpc) is 2.52. The Morgan fingerprint density at radius 2 is 1.90 bits per heavy atom. The van der Waals surface area contributed by atoms with Crippen LogP contribution in [0.15, 0.2) is 53.6 Å². The number of para-hydroxylation sites is 1. The van der Waals surface area contributed by atoms with E-state index in [1.165, 1.54) is 0 Å². The maximum Gasteiger partial charge on any atom is 0.346 e. The number of aromatic nitrogens is 3. The Balaban J connectivity index is 1.89. The van der Waals surface area contributed by atoms with Crippen molar-refractivity contribution in [2.45, 2.75) is 6.54 Å². The topological polar surface area (TPSA) is 87.7 Å². The molecule has 0 unspecified atom stereocenters. The molecule has 0 radical (unpaired) electrons. The van der Waals surface area contributed by atoms with Crippen LogP contribution < -0.4 is 11.0 Å². The number of benzene rings is 1. The van der Waals surface area contributed by atoms with Gasteiger partial charge in [-0.3, -0.25) is 9.78 Å². The van der Waals surface area contributed by atoms with Crippen LogP contribution in [-0.2, 0) is 6.54 Å². The molecule has 2 aromatic heterocycles. The minimum absolute atomic E-state index is 0.128. The molecule has 0 fully saturated rings. The van der Waals surface area contributed by atoms with Gasteiger partial charge in [0.05, 0.1) is 5.52 Å². The lowest BCUT2D eigenvalue weighted by Crippen LogP contribution is -2.27. The number of nitrogens with one attached hydrogen (secondary N) is 2. The summed E-state index contributed by atoms with van der Waals surface area (Å²) in [5.41, 5.74) is 1.10. The Labute approximate surface area is 119 Å². The van der Waals surface area contributed by atoms with Gasteiger partial charge in [-0.05, 0) is 23.8 Å². The zero-order valence-corrected chi connectivity index (χ0v) is 11.0. The van der Waals surface area contributed by atoms with Crippen molar-refractivity contribution in [3.63, 3.8) is 0 Å². The maximum atomic E-state index is 12.2. The molecule has 0 spiro atoms. The van der Waals surface area contributed by atoms with Gasteiger partial charge in [0.25, 0.3) is 5.91 Å². The number of hydrogen-bond donors (Lipinski definition) is 2. The second-order valence-electron chi connectivity index (χ2n) is 4.47. The van der Waals surface area contributed by atoms with E-state index < -0.39 is 5.69 Å². The van der Waals surface area contributed by atoms with Crippen molar-refractivity contribution >= 4 is 16.8 Å². The predicted molar refractivity (Wildman–Crippen MR) is 77.8 cm³/mol. The highest BCUT2D eigenvalue weighted by Gasteiger charge is 2.12. The van der Waals surface area contributed by atoms with Crippen molar-refractivity contribution < 1.29 is 4.79 Å². The van der Waals surface area contributed by atoms with Crippen LogP contribution in [0.5, 0.6) is 0 Å². The molecule has 6 nitrogen and oxygen atoms in total. The molecule has 0 bridgehead atoms. The summed E-state index contributed by atoms with van der Waals surface area (Å²) in [7, 11) is 0. The Morgan fingerprint density at radius 3 is 2.71 bits per heavy atom. The van der Waals surface area contributed by atoms with E-state index in [9.17, 15) is 9.59 Å². The number of carbonyl (C=O) groups excluding carboxylic acids is 1. The van der Waals surface area contributed by atoms with Crippen LogP contribution in [0.2, 0.25) is 0 Å². The Hall–Kier alpha value is -3.02. The number of rotatable bonds is 3. The average molecular weight is 280 g/mol. The minimum Gasteiger partial charge on any atom is -0.347 e. The number of H-pyrrole nitrogens is 1. The molecular formula is C15H12N4O2. The van der Waals surface area contributed by atoms with E-state index in [1.54, 1.807) is 36.7 Å². The second-order valence-corrected chi connectivity index (χ2v) is 4.47. The van der Waals surface area contributed by atoms with Gasteiger partial charge in [0, 0.05) is 24.3 Å². The van der Waals surface area contributed by atoms with E-state index in [0.29, 0.717) is 17.4 Å². The van der Waals surface area contributed by atoms with Crippen molar-refractivity contribution in [2.24, 2.45) is 0 Å². The van der Waals surface area contributed by atoms with Crippen molar-refractivity contribution in [1.82, 2.24) is 20.3 Å². The Kier molecular flexibility index (Phi) is 3.42. The first-order chi connectivity index (χ1) is 10.2. The number of fused-ring (bicyclic) bond motifs is 1. The smallest absolute Gasteiger partial charge is 0.346 e. The van der Waals surface area contributed by atoms with Gasteiger partial charge in [-0.2, -0.15) is 4.98 Å². The molecule has 21 heavy (non-hydrogen) atoms. The van der Waals surface area contributed by atoms with Gasteiger partial charge in [-0.25, -0.2) is 4.79 Å². The number of nitrogens with zero attached hydrogens (tertiary/aromatic N) is 2. The first-order valence-corrected chi connectivity index (χ1v) is 6.40. The SMILES string of the molecule is O=C(NCc1ccncc1)c1nc(=O)[nH]c2ccccc12. The highest BCUT2D eigenvalue weighted by molar-refractivity contribution is 6.04. The third-order valence-electron chi connectivity index (χ3n) is 3.05. The molecule has 3 rings (SSSR count). The zero-order chi connectivity index (χ0) is 14.7. The van der Waals surface area contributed by atoms with E-state index in [1.807, 2.05) is 12.1 Å². The fraction of sp³-hybridized carbons (Fsp3) is 0.0667. The maximum absolute atomic E-state index is 12.2. The lowest BCUT2D eigenvalue weighted by atomic mass is 10.1. The fourth-order valence-electron chi connectivity index (χ4n) is 2.04. The highest BCUT2D eigenvalue weighted by atomic mass is 16.2. The number of pyridine rings is 1. The first-order valence-electron chi connectivity index (χ1n) is 6.40. The van der Waals surface area contributed by atoms with Gasteiger partial charge in [0.15, 0.2) is 0 Å². The number of amides is 1. The van der Waals surface area contributed by atoms with E-state index in [-0.39, 0.29) is 11.6 Å². The quantitative estimate of drug-likeness (QED) is 0.755. The summed E-state index contributed by atoms with van der Waals surface area (Å²) in [4.78, 5) is 34.1. The largest absolute Gasteiger partial charge is 0.347 e. The molecular weight excluding hydrogens is 268 g/mol. The molecule has 2 heterocycles. The van der Waals surface area contributed by atoms with Crippen molar-refractivity contribution in [3.8, 4) is 0 Å². The van der Waals surface area contributed by atoms with Crippen LogP contribution in [0.3, 0.4) is 0 Å². The van der Waals surface area contributed by atoms with Crippen molar-refractivity contribution in [3.05, 3.63) is 70.5 Å². The van der Waals surface area contributed by atoms with E-state index >= 15 is 0 Å². The summed E-state index contributed by atoms with van der Waals surface area (Å²) in [6, 6.07) is 10.7. The molecule has 0 aliphatic carbocycles. The predicted octanol–water partition coefficient (Wildman–Crippen LogP) is 1.25. The molecule has 1 aromatic carbocycles. The van der Waals surface area contributed by atoms with Gasteiger partial charge in [0.2, 0.25) is 0 Å². The Morgan fingerprint density at radius 1 is 1.14 bits per heavy atom. The highest BCUT2D eigenvalue weighted by Crippen LogP contribution is 2.12. The third kappa shape index (κ3) is 2.79. The van der Waals surface area contributed by atoms with Gasteiger partial charge in [-0.1, -0.05) is 18.2 Å². The van der Waals surface area contributed by atoms with Crippen molar-refractivity contribution in [1.29, 1.82) is 0 Å². The third-order valence-corrected chi connectivity index (χ3v) is 3.05. The molecule has 2 N–H and O–H groups in total. The van der Waals surface area contributed by atoms with Crippen LogP contribution in [-0.4, -0.2) is 20.9 Å². The number of carbonyl (C=O) groups is 1. The van der Waals surface area contributed by atoms with Crippen molar-refractivity contribution in [2.75, 3.05) is 0 Å². The second kappa shape index (κ2) is 5.54.